The predicted octanol–water partition coefficient (Wildman–Crippen LogP) is -2.87. The first kappa shape index (κ1) is 484. The summed E-state index contributed by atoms with van der Waals surface area (Å²) in [6.07, 6.45) is 0. The molecule has 0 aliphatic carbocycles. The number of rotatable bonds is 0. The van der Waals surface area contributed by atoms with Gasteiger partial charge in [0.15, 0.2) is 0 Å². The fourth-order valence-electron chi connectivity index (χ4n) is 0. The third-order valence-corrected chi connectivity index (χ3v) is 0. The van der Waals surface area contributed by atoms with Crippen molar-refractivity contribution in [1.29, 1.82) is 0 Å². The average Bonchev–Trinajstić information content (AvgIpc) is 0. The van der Waals surface area contributed by atoms with Gasteiger partial charge in [-0.3, -0.25) is 0 Å². The van der Waals surface area contributed by atoms with E-state index in [9.17, 15) is 0 Å². The van der Waals surface area contributed by atoms with Crippen molar-refractivity contribution < 1.29 is 44.4 Å². The zero-order chi connectivity index (χ0) is 0. The normalized spacial score (nSPS) is 0. The Morgan fingerprint density at radius 2 is 0.429 bits per heavy atom. The first-order valence-corrected chi connectivity index (χ1v) is 0. The Labute approximate surface area is 62.8 Å². The van der Waals surface area contributed by atoms with Gasteiger partial charge in [0.05, 0.1) is 0 Å². The monoisotopic (exact) mass is 222 g/mol. The van der Waals surface area contributed by atoms with Crippen molar-refractivity contribution in [2.45, 2.75) is 0 Å². The van der Waals surface area contributed by atoms with Crippen molar-refractivity contribution in [3.8, 4) is 0 Å². The molecular weight excluding hydrogens is 211 g/mol. The molecule has 0 saturated heterocycles. The maximum absolute atomic E-state index is 0. The molecule has 0 aliphatic heterocycles. The van der Waals surface area contributed by atoms with Gasteiger partial charge in [0.2, 0.25) is 0 Å². The van der Waals surface area contributed by atoms with Gasteiger partial charge < -0.3 is 27.4 Å². The first-order valence-electron chi connectivity index (χ1n) is 0. The molecule has 0 radical (unpaired) electrons. The van der Waals surface area contributed by atoms with Crippen LogP contribution >= 0.6 is 0 Å². The van der Waals surface area contributed by atoms with Crippen molar-refractivity contribution in [2.24, 2.45) is 0 Å². The van der Waals surface area contributed by atoms with Crippen LogP contribution in [0.5, 0.6) is 0 Å². The second-order valence-corrected chi connectivity index (χ2v) is 0. The van der Waals surface area contributed by atoms with Gasteiger partial charge in [-0.05, 0) is 0 Å². The van der Waals surface area contributed by atoms with E-state index < -0.39 is 0 Å². The van der Waals surface area contributed by atoms with Gasteiger partial charge in [-0.1, -0.05) is 0 Å². The van der Waals surface area contributed by atoms with E-state index >= 15 is 0 Å². The van der Waals surface area contributed by atoms with Crippen LogP contribution < -0.4 is 0 Å². The van der Waals surface area contributed by atoms with Crippen molar-refractivity contribution >= 4 is 18.0 Å². The van der Waals surface area contributed by atoms with E-state index in [4.69, 9.17) is 0 Å². The summed E-state index contributed by atoms with van der Waals surface area (Å²) in [5.74, 6) is 0. The summed E-state index contributed by atoms with van der Waals surface area (Å²) >= 11 is 0. The van der Waals surface area contributed by atoms with Crippen molar-refractivity contribution in [3.05, 3.63) is 0 Å². The van der Waals surface area contributed by atoms with E-state index in [0.29, 0.717) is 0 Å². The molecule has 0 atom stereocenters. The van der Waals surface area contributed by atoms with Gasteiger partial charge in [-0.25, -0.2) is 0 Å². The van der Waals surface area contributed by atoms with E-state index in [0.717, 1.165) is 0 Å². The van der Waals surface area contributed by atoms with Gasteiger partial charge in [0.1, 0.15) is 0 Å². The van der Waals surface area contributed by atoms with E-state index in [2.05, 4.69) is 0 Å². The summed E-state index contributed by atoms with van der Waals surface area (Å²) in [4.78, 5) is 0. The smallest absolute Gasteiger partial charge is 0.870 e. The molecule has 0 aromatic carbocycles. The zero-order valence-corrected chi connectivity index (χ0v) is 3.69. The van der Waals surface area contributed by atoms with Crippen LogP contribution in [0.15, 0.2) is 0 Å². The molecule has 0 rings (SSSR count). The predicted molar refractivity (Wildman–Crippen MR) is 23.8 cm³/mol. The number of hydrogen-bond donors (Lipinski definition) is 0. The molecule has 0 saturated carbocycles. The zero-order valence-electron chi connectivity index (χ0n) is 2.59. The van der Waals surface area contributed by atoms with Gasteiger partial charge in [-0.2, -0.15) is 0 Å². The minimum atomic E-state index is 0. The minimum absolute atomic E-state index is 0. The van der Waals surface area contributed by atoms with Crippen LogP contribution in [-0.2, 0) is 17.1 Å². The fourth-order valence-corrected chi connectivity index (χ4v) is 0. The standard InChI is InChI=1S/AsH6.Fe.5H2O/h1H6;;5*1H2/q+3;+2;;;;;/p-5. The third-order valence-electron chi connectivity index (χ3n) is 0. The van der Waals surface area contributed by atoms with Crippen molar-refractivity contribution in [2.75, 3.05) is 0 Å². The van der Waals surface area contributed by atoms with Crippen LogP contribution in [0.1, 0.15) is 0 Å². The maximum atomic E-state index is 0. The number of hydrogen-bond acceptors (Lipinski definition) is 5. The quantitative estimate of drug-likeness (QED) is 0.403. The molecule has 5 N–H and O–H groups in total. The summed E-state index contributed by atoms with van der Waals surface area (Å²) in [7, 11) is 0. The molecule has 0 aliphatic rings. The molecule has 0 bridgehead atoms. The molecule has 0 amide bonds. The molecule has 0 aromatic rings. The van der Waals surface area contributed by atoms with Crippen LogP contribution in [0.2, 0.25) is 0 Å². The third kappa shape index (κ3) is 212. The fraction of sp³-hybridized carbons (Fsp3) is 0. The Kier molecular flexibility index (Phi) is 21300. The molecular formula is H11AsFeO5. The Hall–Kier alpha value is 0.878. The second-order valence-electron chi connectivity index (χ2n) is 0. The topological polar surface area (TPSA) is 150 Å². The Morgan fingerprint density at radius 3 is 0.429 bits per heavy atom. The Bertz CT molecular complexity index is 8.04. The largest absolute Gasteiger partial charge is 2.00 e. The Morgan fingerprint density at radius 1 is 0.429 bits per heavy atom. The van der Waals surface area contributed by atoms with Gasteiger partial charge in [0.25, 0.3) is 0 Å². The molecule has 0 spiro atoms. The molecule has 0 aromatic heterocycles. The van der Waals surface area contributed by atoms with E-state index in [-0.39, 0.29) is 62.4 Å². The SMILES string of the molecule is [AsH6+3].[Fe+2].[OH-].[OH-].[OH-].[OH-].[OH-]. The summed E-state index contributed by atoms with van der Waals surface area (Å²) < 4.78 is 0. The molecule has 7 heavy (non-hydrogen) atoms. The van der Waals surface area contributed by atoms with Crippen LogP contribution in [0, 0.1) is 0 Å². The molecule has 5 nitrogen and oxygen atoms in total. The second kappa shape index (κ2) is 308. The Balaban J connectivity index is 0. The van der Waals surface area contributed by atoms with E-state index in [1.165, 1.54) is 0 Å². The van der Waals surface area contributed by atoms with Crippen molar-refractivity contribution in [3.63, 3.8) is 0 Å². The van der Waals surface area contributed by atoms with Gasteiger partial charge in [-0.15, -0.1) is 0 Å². The van der Waals surface area contributed by atoms with Crippen LogP contribution in [0.25, 0.3) is 0 Å². The molecule has 0 fully saturated rings. The molecule has 0 heterocycles. The molecule has 7 heteroatoms. The van der Waals surface area contributed by atoms with Gasteiger partial charge >= 0.3 is 35.0 Å². The summed E-state index contributed by atoms with van der Waals surface area (Å²) in [6.45, 7) is 0. The average molecular weight is 222 g/mol. The summed E-state index contributed by atoms with van der Waals surface area (Å²) in [5, 5.41) is 0. The van der Waals surface area contributed by atoms with Crippen LogP contribution in [0.4, 0.5) is 0 Å². The maximum Gasteiger partial charge on any atom is 2.00 e. The molecule has 0 unspecified atom stereocenters. The molecule has 54 valence electrons. The summed E-state index contributed by atoms with van der Waals surface area (Å²) in [5.41, 5.74) is 0. The van der Waals surface area contributed by atoms with Gasteiger partial charge in [0, 0.05) is 0 Å². The van der Waals surface area contributed by atoms with Crippen LogP contribution in [-0.4, -0.2) is 45.3 Å². The van der Waals surface area contributed by atoms with Crippen molar-refractivity contribution in [1.82, 2.24) is 0 Å². The van der Waals surface area contributed by atoms with E-state index in [1.807, 2.05) is 0 Å². The minimum Gasteiger partial charge on any atom is -0.870 e. The van der Waals surface area contributed by atoms with Crippen LogP contribution in [0.3, 0.4) is 0 Å². The summed E-state index contributed by atoms with van der Waals surface area (Å²) in [6, 6.07) is 0. The van der Waals surface area contributed by atoms with E-state index in [1.54, 1.807) is 0 Å². The first-order chi connectivity index (χ1) is 0.